The first-order chi connectivity index (χ1) is 8.09. The first kappa shape index (κ1) is 12.5. The van der Waals surface area contributed by atoms with Gasteiger partial charge in [0, 0.05) is 19.8 Å². The van der Waals surface area contributed by atoms with Gasteiger partial charge in [-0.25, -0.2) is 4.98 Å². The lowest BCUT2D eigenvalue weighted by atomic mass is 9.82. The van der Waals surface area contributed by atoms with Crippen molar-refractivity contribution in [2.45, 2.75) is 19.8 Å². The minimum atomic E-state index is 0.245. The fourth-order valence-electron chi connectivity index (χ4n) is 1.93. The molecule has 94 valence electrons. The van der Waals surface area contributed by atoms with Crippen molar-refractivity contribution < 1.29 is 4.74 Å². The average molecular weight is 256 g/mol. The molecular formula is C12H18ClN3O. The van der Waals surface area contributed by atoms with Gasteiger partial charge in [0.15, 0.2) is 5.82 Å². The van der Waals surface area contributed by atoms with Crippen LogP contribution in [0.25, 0.3) is 0 Å². The third-order valence-electron chi connectivity index (χ3n) is 3.27. The number of nitrogens with one attached hydrogen (secondary N) is 1. The Labute approximate surface area is 107 Å². The number of aromatic nitrogens is 1. The summed E-state index contributed by atoms with van der Waals surface area (Å²) in [6.07, 6.45) is 2.11. The highest BCUT2D eigenvalue weighted by Crippen LogP contribution is 2.30. The van der Waals surface area contributed by atoms with Gasteiger partial charge in [-0.1, -0.05) is 18.5 Å². The summed E-state index contributed by atoms with van der Waals surface area (Å²) in [5.41, 5.74) is 6.71. The second-order valence-corrected chi connectivity index (χ2v) is 5.24. The van der Waals surface area contributed by atoms with E-state index in [9.17, 15) is 0 Å². The highest BCUT2D eigenvalue weighted by Gasteiger charge is 2.27. The minimum Gasteiger partial charge on any atom is -0.396 e. The van der Waals surface area contributed by atoms with Crippen LogP contribution in [-0.4, -0.2) is 24.7 Å². The van der Waals surface area contributed by atoms with Crippen molar-refractivity contribution in [3.05, 3.63) is 17.3 Å². The quantitative estimate of drug-likeness (QED) is 0.815. The van der Waals surface area contributed by atoms with Crippen LogP contribution in [0.3, 0.4) is 0 Å². The number of nitrogen functional groups attached to an aromatic ring is 1. The van der Waals surface area contributed by atoms with Gasteiger partial charge in [-0.2, -0.15) is 0 Å². The zero-order chi connectivity index (χ0) is 12.3. The molecule has 1 aliphatic heterocycles. The molecule has 1 aromatic heterocycles. The number of rotatable bonds is 3. The topological polar surface area (TPSA) is 60.2 Å². The summed E-state index contributed by atoms with van der Waals surface area (Å²) >= 11 is 5.85. The molecule has 0 spiro atoms. The van der Waals surface area contributed by atoms with E-state index in [1.165, 1.54) is 0 Å². The van der Waals surface area contributed by atoms with Crippen molar-refractivity contribution in [2.24, 2.45) is 5.41 Å². The molecule has 3 N–H and O–H groups in total. The van der Waals surface area contributed by atoms with E-state index in [2.05, 4.69) is 17.2 Å². The van der Waals surface area contributed by atoms with Crippen molar-refractivity contribution in [2.75, 3.05) is 30.8 Å². The molecule has 0 bridgehead atoms. The molecule has 5 heteroatoms. The fourth-order valence-corrected chi connectivity index (χ4v) is 2.07. The molecule has 0 aromatic carbocycles. The zero-order valence-corrected chi connectivity index (χ0v) is 10.8. The Hall–Kier alpha value is -1.00. The summed E-state index contributed by atoms with van der Waals surface area (Å²) in [6.45, 7) is 4.75. The van der Waals surface area contributed by atoms with Crippen molar-refractivity contribution in [3.8, 4) is 0 Å². The van der Waals surface area contributed by atoms with Gasteiger partial charge in [0.05, 0.1) is 5.69 Å². The Kier molecular flexibility index (Phi) is 3.74. The summed E-state index contributed by atoms with van der Waals surface area (Å²) in [6, 6.07) is 3.46. The third-order valence-corrected chi connectivity index (χ3v) is 3.49. The van der Waals surface area contributed by atoms with E-state index in [1.54, 1.807) is 12.1 Å². The van der Waals surface area contributed by atoms with Crippen LogP contribution in [0.2, 0.25) is 5.15 Å². The van der Waals surface area contributed by atoms with Gasteiger partial charge in [0.2, 0.25) is 0 Å². The highest BCUT2D eigenvalue weighted by atomic mass is 35.5. The van der Waals surface area contributed by atoms with Gasteiger partial charge >= 0.3 is 0 Å². The van der Waals surface area contributed by atoms with Crippen LogP contribution in [-0.2, 0) is 4.74 Å². The van der Waals surface area contributed by atoms with E-state index < -0.39 is 0 Å². The van der Waals surface area contributed by atoms with Crippen molar-refractivity contribution >= 4 is 23.1 Å². The second kappa shape index (κ2) is 5.10. The lowest BCUT2D eigenvalue weighted by molar-refractivity contribution is 0.0300. The van der Waals surface area contributed by atoms with Crippen molar-refractivity contribution in [3.63, 3.8) is 0 Å². The van der Waals surface area contributed by atoms with Crippen molar-refractivity contribution in [1.29, 1.82) is 0 Å². The van der Waals surface area contributed by atoms with Crippen LogP contribution in [0.4, 0.5) is 11.5 Å². The summed E-state index contributed by atoms with van der Waals surface area (Å²) in [4.78, 5) is 4.19. The van der Waals surface area contributed by atoms with E-state index in [0.717, 1.165) is 32.6 Å². The number of anilines is 2. The zero-order valence-electron chi connectivity index (χ0n) is 10.0. The molecule has 0 aliphatic carbocycles. The lowest BCUT2D eigenvalue weighted by Crippen LogP contribution is -2.33. The first-order valence-corrected chi connectivity index (χ1v) is 6.21. The molecule has 0 atom stereocenters. The van der Waals surface area contributed by atoms with Crippen molar-refractivity contribution in [1.82, 2.24) is 4.98 Å². The van der Waals surface area contributed by atoms with Gasteiger partial charge in [-0.15, -0.1) is 0 Å². The minimum absolute atomic E-state index is 0.245. The number of nitrogens with zero attached hydrogens (tertiary/aromatic N) is 1. The molecule has 0 radical (unpaired) electrons. The summed E-state index contributed by atoms with van der Waals surface area (Å²) in [5, 5.41) is 3.75. The van der Waals surface area contributed by atoms with E-state index in [4.69, 9.17) is 22.1 Å². The van der Waals surface area contributed by atoms with Crippen LogP contribution in [0, 0.1) is 5.41 Å². The van der Waals surface area contributed by atoms with E-state index >= 15 is 0 Å². The maximum atomic E-state index is 5.85. The molecule has 1 aromatic rings. The van der Waals surface area contributed by atoms with Crippen LogP contribution in [0.5, 0.6) is 0 Å². The molecule has 0 saturated carbocycles. The number of ether oxygens (including phenoxy) is 1. The molecule has 4 nitrogen and oxygen atoms in total. The number of pyridine rings is 1. The summed E-state index contributed by atoms with van der Waals surface area (Å²) in [7, 11) is 0. The Bertz CT molecular complexity index is 391. The molecular weight excluding hydrogens is 238 g/mol. The molecule has 1 aliphatic rings. The largest absolute Gasteiger partial charge is 0.396 e. The smallest absolute Gasteiger partial charge is 0.150 e. The standard InChI is InChI=1S/C12H18ClN3O/c1-12(4-6-17-7-5-12)8-15-11-9(14)2-3-10(13)16-11/h2-3H,4-8,14H2,1H3,(H,15,16). The lowest BCUT2D eigenvalue weighted by Gasteiger charge is -2.33. The molecule has 2 heterocycles. The van der Waals surface area contributed by atoms with Gasteiger partial charge < -0.3 is 15.8 Å². The van der Waals surface area contributed by atoms with Gasteiger partial charge in [-0.3, -0.25) is 0 Å². The fraction of sp³-hybridized carbons (Fsp3) is 0.583. The second-order valence-electron chi connectivity index (χ2n) is 4.85. The Morgan fingerprint density at radius 3 is 2.88 bits per heavy atom. The Balaban J connectivity index is 1.99. The normalized spacial score (nSPS) is 18.9. The summed E-state index contributed by atoms with van der Waals surface area (Å²) in [5.74, 6) is 0.671. The molecule has 1 fully saturated rings. The van der Waals surface area contributed by atoms with E-state index in [-0.39, 0.29) is 5.41 Å². The number of halogens is 1. The third kappa shape index (κ3) is 3.23. The van der Waals surface area contributed by atoms with E-state index in [1.807, 2.05) is 0 Å². The van der Waals surface area contributed by atoms with Gasteiger partial charge in [0.1, 0.15) is 5.15 Å². The average Bonchev–Trinajstić information content (AvgIpc) is 2.31. The van der Waals surface area contributed by atoms with Crippen LogP contribution in [0.15, 0.2) is 12.1 Å². The molecule has 1 saturated heterocycles. The maximum absolute atomic E-state index is 5.85. The predicted molar refractivity (Wildman–Crippen MR) is 70.3 cm³/mol. The first-order valence-electron chi connectivity index (χ1n) is 5.83. The number of nitrogens with two attached hydrogens (primary N) is 1. The molecule has 0 unspecified atom stereocenters. The number of hydrogen-bond acceptors (Lipinski definition) is 4. The van der Waals surface area contributed by atoms with Gasteiger partial charge in [-0.05, 0) is 30.4 Å². The molecule has 17 heavy (non-hydrogen) atoms. The SMILES string of the molecule is CC1(CNc2nc(Cl)ccc2N)CCOCC1. The summed E-state index contributed by atoms with van der Waals surface area (Å²) < 4.78 is 5.37. The van der Waals surface area contributed by atoms with E-state index in [0.29, 0.717) is 16.7 Å². The predicted octanol–water partition coefficient (Wildman–Crippen LogP) is 2.55. The highest BCUT2D eigenvalue weighted by molar-refractivity contribution is 6.29. The maximum Gasteiger partial charge on any atom is 0.150 e. The Morgan fingerprint density at radius 1 is 1.47 bits per heavy atom. The van der Waals surface area contributed by atoms with Gasteiger partial charge in [0.25, 0.3) is 0 Å². The van der Waals surface area contributed by atoms with Crippen LogP contribution >= 0.6 is 11.6 Å². The molecule has 2 rings (SSSR count). The Morgan fingerprint density at radius 2 is 2.18 bits per heavy atom. The monoisotopic (exact) mass is 255 g/mol. The van der Waals surface area contributed by atoms with Crippen LogP contribution < -0.4 is 11.1 Å². The van der Waals surface area contributed by atoms with Crippen LogP contribution in [0.1, 0.15) is 19.8 Å². The number of hydrogen-bond donors (Lipinski definition) is 2. The molecule has 0 amide bonds.